The van der Waals surface area contributed by atoms with E-state index in [0.717, 1.165) is 11.1 Å². The topological polar surface area (TPSA) is 89.9 Å². The van der Waals surface area contributed by atoms with E-state index in [2.05, 4.69) is 0 Å². The first-order valence-corrected chi connectivity index (χ1v) is 9.03. The van der Waals surface area contributed by atoms with Gasteiger partial charge in [0.1, 0.15) is 13.2 Å². The fraction of sp³-hybridized carbons (Fsp3) is 0.318. The molecule has 1 unspecified atom stereocenters. The molecule has 0 spiro atoms. The molecule has 0 aliphatic carbocycles. The normalized spacial score (nSPS) is 12.8. The van der Waals surface area contributed by atoms with Crippen LogP contribution in [0.1, 0.15) is 31.4 Å². The highest BCUT2D eigenvalue weighted by molar-refractivity contribution is 6.00. The van der Waals surface area contributed by atoms with Crippen LogP contribution >= 0.6 is 0 Å². The van der Waals surface area contributed by atoms with Crippen LogP contribution in [0.4, 0.5) is 0 Å². The first-order valence-electron chi connectivity index (χ1n) is 9.03. The van der Waals surface area contributed by atoms with Gasteiger partial charge in [0.05, 0.1) is 5.41 Å². The number of aliphatic carboxylic acids is 1. The second-order valence-electron chi connectivity index (χ2n) is 6.70. The number of carboxylic acid groups (broad SMARTS) is 1. The first kappa shape index (κ1) is 21.2. The second-order valence-corrected chi connectivity index (χ2v) is 6.70. The van der Waals surface area contributed by atoms with Crippen molar-refractivity contribution in [2.24, 2.45) is 11.3 Å². The number of carboxylic acids is 1. The molecule has 148 valence electrons. The zero-order valence-electron chi connectivity index (χ0n) is 16.0. The van der Waals surface area contributed by atoms with Crippen molar-refractivity contribution in [3.63, 3.8) is 0 Å². The Morgan fingerprint density at radius 1 is 0.857 bits per heavy atom. The maximum atomic E-state index is 12.7. The molecule has 6 nitrogen and oxygen atoms in total. The third-order valence-corrected chi connectivity index (χ3v) is 4.78. The predicted octanol–water partition coefficient (Wildman–Crippen LogP) is 3.59. The minimum Gasteiger partial charge on any atom is -0.481 e. The Morgan fingerprint density at radius 3 is 1.57 bits per heavy atom. The number of benzene rings is 2. The molecule has 1 atom stereocenters. The van der Waals surface area contributed by atoms with E-state index >= 15 is 0 Å². The summed E-state index contributed by atoms with van der Waals surface area (Å²) in [5.41, 5.74) is -0.164. The average molecular weight is 384 g/mol. The molecule has 0 radical (unpaired) electrons. The lowest BCUT2D eigenvalue weighted by Gasteiger charge is -2.29. The van der Waals surface area contributed by atoms with Crippen LogP contribution in [0.2, 0.25) is 0 Å². The third-order valence-electron chi connectivity index (χ3n) is 4.78. The maximum absolute atomic E-state index is 12.7. The molecule has 0 aliphatic heterocycles. The van der Waals surface area contributed by atoms with Gasteiger partial charge in [-0.05, 0) is 24.5 Å². The molecule has 0 heterocycles. The van der Waals surface area contributed by atoms with Crippen molar-refractivity contribution in [2.75, 3.05) is 0 Å². The number of esters is 2. The quantitative estimate of drug-likeness (QED) is 0.525. The van der Waals surface area contributed by atoms with Gasteiger partial charge in [-0.2, -0.15) is 0 Å². The highest BCUT2D eigenvalue weighted by atomic mass is 16.6. The zero-order chi connectivity index (χ0) is 20.6. The molecule has 0 amide bonds. The molecular formula is C22H24O6. The van der Waals surface area contributed by atoms with Gasteiger partial charge in [0, 0.05) is 0 Å². The van der Waals surface area contributed by atoms with E-state index in [1.165, 1.54) is 6.92 Å². The van der Waals surface area contributed by atoms with Crippen molar-refractivity contribution in [2.45, 2.75) is 33.5 Å². The molecule has 0 saturated carbocycles. The van der Waals surface area contributed by atoms with Crippen molar-refractivity contribution >= 4 is 17.9 Å². The molecule has 0 fully saturated rings. The van der Waals surface area contributed by atoms with Crippen molar-refractivity contribution in [3.05, 3.63) is 71.8 Å². The molecule has 2 aromatic carbocycles. The van der Waals surface area contributed by atoms with Crippen LogP contribution in [-0.2, 0) is 37.1 Å². The second kappa shape index (κ2) is 9.69. The third kappa shape index (κ3) is 5.19. The zero-order valence-corrected chi connectivity index (χ0v) is 16.0. The summed E-state index contributed by atoms with van der Waals surface area (Å²) in [4.78, 5) is 37.2. The van der Waals surface area contributed by atoms with Crippen LogP contribution in [0.5, 0.6) is 0 Å². The van der Waals surface area contributed by atoms with E-state index in [1.807, 2.05) is 12.1 Å². The predicted molar refractivity (Wildman–Crippen MR) is 102 cm³/mol. The summed E-state index contributed by atoms with van der Waals surface area (Å²) < 4.78 is 10.5. The Labute approximate surface area is 164 Å². The summed E-state index contributed by atoms with van der Waals surface area (Å²) in [5.74, 6) is -4.64. The number of hydrogen-bond acceptors (Lipinski definition) is 5. The van der Waals surface area contributed by atoms with Crippen molar-refractivity contribution in [1.82, 2.24) is 0 Å². The first-order chi connectivity index (χ1) is 13.4. The van der Waals surface area contributed by atoms with E-state index in [1.54, 1.807) is 55.5 Å². The van der Waals surface area contributed by atoms with E-state index in [9.17, 15) is 19.5 Å². The van der Waals surface area contributed by atoms with E-state index < -0.39 is 29.2 Å². The molecule has 2 rings (SSSR count). The molecule has 1 N–H and O–H groups in total. The summed E-state index contributed by atoms with van der Waals surface area (Å²) in [6.45, 7) is 2.85. The standard InChI is InChI=1S/C22H24O6/c1-3-22(2,21(25)26)18(19(23)27-14-16-10-6-4-7-11-16)20(24)28-15-17-12-8-5-9-13-17/h4-13,18H,3,14-15H2,1-2H3,(H,25,26). The lowest BCUT2D eigenvalue weighted by molar-refractivity contribution is -0.178. The average Bonchev–Trinajstić information content (AvgIpc) is 2.72. The molecule has 0 aromatic heterocycles. The molecule has 0 saturated heterocycles. The smallest absolute Gasteiger partial charge is 0.321 e. The molecule has 28 heavy (non-hydrogen) atoms. The van der Waals surface area contributed by atoms with Gasteiger partial charge in [-0.25, -0.2) is 0 Å². The monoisotopic (exact) mass is 384 g/mol. The van der Waals surface area contributed by atoms with Crippen molar-refractivity contribution in [3.8, 4) is 0 Å². The van der Waals surface area contributed by atoms with Gasteiger partial charge in [-0.15, -0.1) is 0 Å². The van der Waals surface area contributed by atoms with E-state index in [4.69, 9.17) is 9.47 Å². The summed E-state index contributed by atoms with van der Waals surface area (Å²) in [5, 5.41) is 9.66. The maximum Gasteiger partial charge on any atom is 0.321 e. The number of carbonyl (C=O) groups excluding carboxylic acids is 2. The SMILES string of the molecule is CCC(C)(C(=O)O)C(C(=O)OCc1ccccc1)C(=O)OCc1ccccc1. The van der Waals surface area contributed by atoms with Crippen LogP contribution in [0.3, 0.4) is 0 Å². The Hall–Kier alpha value is -3.15. The molecular weight excluding hydrogens is 360 g/mol. The molecule has 2 aromatic rings. The summed E-state index contributed by atoms with van der Waals surface area (Å²) in [6.07, 6.45) is 0.0634. The van der Waals surface area contributed by atoms with Crippen molar-refractivity contribution < 1.29 is 29.0 Å². The van der Waals surface area contributed by atoms with E-state index in [-0.39, 0.29) is 19.6 Å². The number of hydrogen-bond donors (Lipinski definition) is 1. The van der Waals surface area contributed by atoms with Gasteiger partial charge in [-0.1, -0.05) is 67.6 Å². The highest BCUT2D eigenvalue weighted by Gasteiger charge is 2.50. The van der Waals surface area contributed by atoms with Crippen LogP contribution in [0.15, 0.2) is 60.7 Å². The number of rotatable bonds is 9. The number of ether oxygens (including phenoxy) is 2. The van der Waals surface area contributed by atoms with Crippen molar-refractivity contribution in [1.29, 1.82) is 0 Å². The Balaban J connectivity index is 2.16. The van der Waals surface area contributed by atoms with Crippen LogP contribution in [-0.4, -0.2) is 23.0 Å². The van der Waals surface area contributed by atoms with Gasteiger partial charge in [-0.3, -0.25) is 14.4 Å². The lowest BCUT2D eigenvalue weighted by atomic mass is 9.74. The Kier molecular flexibility index (Phi) is 7.32. The minimum absolute atomic E-state index is 0.0540. The van der Waals surface area contributed by atoms with Gasteiger partial charge in [0.2, 0.25) is 0 Å². The van der Waals surface area contributed by atoms with Crippen LogP contribution in [0.25, 0.3) is 0 Å². The van der Waals surface area contributed by atoms with Gasteiger partial charge < -0.3 is 14.6 Å². The summed E-state index contributed by atoms with van der Waals surface area (Å²) in [7, 11) is 0. The fourth-order valence-corrected chi connectivity index (χ4v) is 2.72. The highest BCUT2D eigenvalue weighted by Crippen LogP contribution is 2.34. The van der Waals surface area contributed by atoms with Gasteiger partial charge in [0.15, 0.2) is 5.92 Å². The largest absolute Gasteiger partial charge is 0.481 e. The van der Waals surface area contributed by atoms with Crippen LogP contribution < -0.4 is 0 Å². The van der Waals surface area contributed by atoms with E-state index in [0.29, 0.717) is 0 Å². The van der Waals surface area contributed by atoms with Gasteiger partial charge >= 0.3 is 17.9 Å². The fourth-order valence-electron chi connectivity index (χ4n) is 2.72. The van der Waals surface area contributed by atoms with Crippen LogP contribution in [0, 0.1) is 11.3 Å². The Morgan fingerprint density at radius 2 is 1.25 bits per heavy atom. The molecule has 6 heteroatoms. The summed E-state index contributed by atoms with van der Waals surface area (Å²) in [6, 6.07) is 17.9. The number of carbonyl (C=O) groups is 3. The molecule has 0 aliphatic rings. The van der Waals surface area contributed by atoms with Gasteiger partial charge in [0.25, 0.3) is 0 Å². The minimum atomic E-state index is -1.64. The molecule has 0 bridgehead atoms. The summed E-state index contributed by atoms with van der Waals surface area (Å²) >= 11 is 0. The Bertz CT molecular complexity index is 747. The lowest BCUT2D eigenvalue weighted by Crippen LogP contribution is -2.45.